The molecule has 31 heavy (non-hydrogen) atoms. The van der Waals surface area contributed by atoms with E-state index >= 15 is 0 Å². The summed E-state index contributed by atoms with van der Waals surface area (Å²) >= 11 is -0.662. The van der Waals surface area contributed by atoms with Crippen molar-refractivity contribution in [2.45, 2.75) is 50.7 Å². The Morgan fingerprint density at radius 2 is 1.87 bits per heavy atom. The van der Waals surface area contributed by atoms with E-state index in [4.69, 9.17) is 4.98 Å². The molecule has 1 N–H and O–H groups in total. The fourth-order valence-electron chi connectivity index (χ4n) is 4.90. The zero-order valence-electron chi connectivity index (χ0n) is 16.9. The van der Waals surface area contributed by atoms with Gasteiger partial charge in [-0.15, -0.1) is 3.33 Å². The second kappa shape index (κ2) is 8.57. The molecule has 0 unspecified atom stereocenters. The highest BCUT2D eigenvalue weighted by molar-refractivity contribution is 14.2. The number of fused-ring (bicyclic) bond motifs is 1. The van der Waals surface area contributed by atoms with Crippen molar-refractivity contribution in [3.8, 4) is 11.1 Å². The second-order valence-corrected chi connectivity index (χ2v) is 10.3. The van der Waals surface area contributed by atoms with Crippen LogP contribution in [-0.4, -0.2) is 32.8 Å². The zero-order chi connectivity index (χ0) is 21.4. The molecule has 1 aromatic carbocycles. The van der Waals surface area contributed by atoms with Gasteiger partial charge in [-0.1, -0.05) is 48.4 Å². The van der Waals surface area contributed by atoms with E-state index in [0.29, 0.717) is 18.9 Å². The lowest BCUT2D eigenvalue weighted by Gasteiger charge is -2.32. The van der Waals surface area contributed by atoms with Gasteiger partial charge in [0.05, 0.1) is 33.2 Å². The number of alkyl halides is 3. The Bertz CT molecular complexity index is 1030. The predicted octanol–water partition coefficient (Wildman–Crippen LogP) is 5.66. The van der Waals surface area contributed by atoms with Crippen LogP contribution in [0.25, 0.3) is 11.1 Å². The van der Waals surface area contributed by atoms with Gasteiger partial charge in [0, 0.05) is 36.7 Å². The summed E-state index contributed by atoms with van der Waals surface area (Å²) in [7, 11) is 0. The van der Waals surface area contributed by atoms with Crippen LogP contribution in [0.15, 0.2) is 38.9 Å². The molecule has 3 heterocycles. The maximum absolute atomic E-state index is 13.1. The SMILES string of the molecule is FC(F)(F)CN1CCc2nc(C3CCCC3)c(C3=IN=NN3)c(-c3ccccc3)c2C1. The van der Waals surface area contributed by atoms with Gasteiger partial charge in [0.25, 0.3) is 0 Å². The Morgan fingerprint density at radius 1 is 1.10 bits per heavy atom. The van der Waals surface area contributed by atoms with E-state index < -0.39 is 33.7 Å². The largest absolute Gasteiger partial charge is 0.401 e. The first kappa shape index (κ1) is 21.0. The quantitative estimate of drug-likeness (QED) is 0.509. The highest BCUT2D eigenvalue weighted by Crippen LogP contribution is 2.42. The van der Waals surface area contributed by atoms with Crippen LogP contribution in [0.5, 0.6) is 0 Å². The van der Waals surface area contributed by atoms with Crippen molar-refractivity contribution in [3.63, 3.8) is 0 Å². The average Bonchev–Trinajstić information content (AvgIpc) is 3.46. The number of nitrogens with zero attached hydrogens (tertiary/aromatic N) is 4. The van der Waals surface area contributed by atoms with Gasteiger partial charge in [-0.2, -0.15) is 13.2 Å². The fourth-order valence-corrected chi connectivity index (χ4v) is 6.34. The van der Waals surface area contributed by atoms with Crippen LogP contribution in [0.3, 0.4) is 0 Å². The van der Waals surface area contributed by atoms with Gasteiger partial charge >= 0.3 is 6.18 Å². The Kier molecular flexibility index (Phi) is 5.80. The van der Waals surface area contributed by atoms with Gasteiger partial charge in [-0.3, -0.25) is 15.3 Å². The number of hydrogen-bond donors (Lipinski definition) is 1. The highest BCUT2D eigenvalue weighted by Gasteiger charge is 2.36. The van der Waals surface area contributed by atoms with E-state index in [0.717, 1.165) is 50.1 Å². The monoisotopic (exact) mass is 541 g/mol. The van der Waals surface area contributed by atoms with Crippen molar-refractivity contribution in [2.24, 2.45) is 8.55 Å². The Balaban J connectivity index is 1.70. The summed E-state index contributed by atoms with van der Waals surface area (Å²) in [6.07, 6.45) is 0.915. The van der Waals surface area contributed by atoms with E-state index in [2.05, 4.69) is 14.0 Å². The van der Waals surface area contributed by atoms with Crippen LogP contribution < -0.4 is 5.43 Å². The van der Waals surface area contributed by atoms with Crippen molar-refractivity contribution in [3.05, 3.63) is 52.8 Å². The number of nitrogens with one attached hydrogen (secondary N) is 1. The summed E-state index contributed by atoms with van der Waals surface area (Å²) in [5.74, 6) is 0.384. The van der Waals surface area contributed by atoms with E-state index in [9.17, 15) is 13.2 Å². The summed E-state index contributed by atoms with van der Waals surface area (Å²) in [6, 6.07) is 10.0. The molecule has 1 aromatic heterocycles. The molecule has 9 heteroatoms. The summed E-state index contributed by atoms with van der Waals surface area (Å²) in [4.78, 5) is 6.61. The minimum absolute atomic E-state index is 0.254. The topological polar surface area (TPSA) is 52.9 Å². The van der Waals surface area contributed by atoms with E-state index in [1.165, 1.54) is 17.7 Å². The highest BCUT2D eigenvalue weighted by atomic mass is 127. The molecule has 0 radical (unpaired) electrons. The number of benzene rings is 1. The molecule has 0 saturated heterocycles. The van der Waals surface area contributed by atoms with E-state index in [1.54, 1.807) is 0 Å². The lowest BCUT2D eigenvalue weighted by molar-refractivity contribution is -0.147. The molecule has 0 spiro atoms. The van der Waals surface area contributed by atoms with Crippen LogP contribution >= 0.6 is 21.0 Å². The molecular weight excluding hydrogens is 518 g/mol. The number of hydrogen-bond acceptors (Lipinski definition) is 5. The van der Waals surface area contributed by atoms with E-state index in [-0.39, 0.29) is 6.54 Å². The number of halogens is 4. The summed E-state index contributed by atoms with van der Waals surface area (Å²) in [5, 5.41) is 4.02. The third-order valence-electron chi connectivity index (χ3n) is 6.19. The van der Waals surface area contributed by atoms with Crippen LogP contribution in [0.4, 0.5) is 13.2 Å². The van der Waals surface area contributed by atoms with Crippen molar-refractivity contribution >= 4 is 24.6 Å². The number of pyridine rings is 1. The third-order valence-corrected chi connectivity index (χ3v) is 7.89. The van der Waals surface area contributed by atoms with Gasteiger partial charge in [0.1, 0.15) is 3.63 Å². The second-order valence-electron chi connectivity index (χ2n) is 8.28. The first-order valence-corrected chi connectivity index (χ1v) is 12.6. The standard InChI is InChI=1S/C22H23F3IN5/c23-22(24,25)13-31-11-10-17-16(12-31)18(14-6-2-1-3-7-14)19(21-26-29-30-28-21)20(27-17)15-8-4-5-9-15/h1-3,6-7,15H,4-5,8-13H2,(H,28,29). The summed E-state index contributed by atoms with van der Waals surface area (Å²) in [5.41, 5.74) is 9.15. The normalized spacial score (nSPS) is 19.6. The van der Waals surface area contributed by atoms with Crippen molar-refractivity contribution < 1.29 is 13.2 Å². The van der Waals surface area contributed by atoms with E-state index in [1.807, 2.05) is 30.3 Å². The third kappa shape index (κ3) is 4.39. The molecule has 5 nitrogen and oxygen atoms in total. The molecule has 1 aliphatic carbocycles. The Morgan fingerprint density at radius 3 is 2.55 bits per heavy atom. The molecule has 0 atom stereocenters. The smallest absolute Gasteiger partial charge is 0.290 e. The van der Waals surface area contributed by atoms with Crippen LogP contribution in [0.1, 0.15) is 54.1 Å². The molecule has 0 bridgehead atoms. The minimum atomic E-state index is -4.21. The van der Waals surface area contributed by atoms with Gasteiger partial charge < -0.3 is 0 Å². The lowest BCUT2D eigenvalue weighted by atomic mass is 9.86. The predicted molar refractivity (Wildman–Crippen MR) is 122 cm³/mol. The molecular formula is C22H23F3IN5. The molecule has 1 fully saturated rings. The van der Waals surface area contributed by atoms with Crippen molar-refractivity contribution in [1.29, 1.82) is 0 Å². The van der Waals surface area contributed by atoms with Gasteiger partial charge in [0.15, 0.2) is 0 Å². The maximum Gasteiger partial charge on any atom is 0.401 e. The molecule has 2 aliphatic heterocycles. The number of aromatic nitrogens is 1. The Hall–Kier alpha value is -1.88. The average molecular weight is 541 g/mol. The van der Waals surface area contributed by atoms with Crippen LogP contribution in [0, 0.1) is 0 Å². The first-order valence-electron chi connectivity index (χ1n) is 10.6. The molecule has 164 valence electrons. The van der Waals surface area contributed by atoms with Gasteiger partial charge in [0.2, 0.25) is 0 Å². The van der Waals surface area contributed by atoms with Gasteiger partial charge in [-0.25, -0.2) is 0 Å². The maximum atomic E-state index is 13.1. The fraction of sp³-hybridized carbons (Fsp3) is 0.455. The number of rotatable bonds is 4. The van der Waals surface area contributed by atoms with Crippen LogP contribution in [0.2, 0.25) is 0 Å². The Labute approximate surface area is 189 Å². The molecule has 0 amide bonds. The van der Waals surface area contributed by atoms with Crippen LogP contribution in [-0.2, 0) is 13.0 Å². The molecule has 1 saturated carbocycles. The molecule has 3 aliphatic rings. The molecule has 2 aromatic rings. The minimum Gasteiger partial charge on any atom is -0.290 e. The zero-order valence-corrected chi connectivity index (χ0v) is 19.1. The summed E-state index contributed by atoms with van der Waals surface area (Å²) < 4.78 is 44.6. The first-order chi connectivity index (χ1) is 15.0. The summed E-state index contributed by atoms with van der Waals surface area (Å²) in [6.45, 7) is -0.264. The van der Waals surface area contributed by atoms with Gasteiger partial charge in [-0.05, 0) is 29.5 Å². The molecule has 5 rings (SSSR count). The van der Waals surface area contributed by atoms with Crippen molar-refractivity contribution in [2.75, 3.05) is 13.1 Å². The van der Waals surface area contributed by atoms with Crippen molar-refractivity contribution in [1.82, 2.24) is 15.3 Å². The lowest BCUT2D eigenvalue weighted by Crippen LogP contribution is -2.39.